The minimum absolute atomic E-state index is 0.200. The van der Waals surface area contributed by atoms with Gasteiger partial charge in [-0.3, -0.25) is 19.2 Å². The van der Waals surface area contributed by atoms with E-state index in [2.05, 4.69) is 22.5 Å². The number of hydrogen-bond donors (Lipinski definition) is 3. The smallest absolute Gasteiger partial charge is 0.251 e. The highest BCUT2D eigenvalue weighted by molar-refractivity contribution is 6.34. The highest BCUT2D eigenvalue weighted by Crippen LogP contribution is 2.26. The summed E-state index contributed by atoms with van der Waals surface area (Å²) in [4.78, 5) is 52.8. The Morgan fingerprint density at radius 1 is 1.14 bits per heavy atom. The summed E-state index contributed by atoms with van der Waals surface area (Å²) in [5, 5.41) is 8.60. The van der Waals surface area contributed by atoms with Gasteiger partial charge in [0.1, 0.15) is 12.1 Å². The molecule has 0 bridgehead atoms. The van der Waals surface area contributed by atoms with E-state index >= 15 is 0 Å². The molecule has 0 saturated carbocycles. The molecular weight excluding hydrogens is 560 g/mol. The molecule has 4 atom stereocenters. The summed E-state index contributed by atoms with van der Waals surface area (Å²) in [6, 6.07) is 12.2. The van der Waals surface area contributed by atoms with Crippen LogP contribution in [0, 0.1) is 0 Å². The van der Waals surface area contributed by atoms with E-state index in [0.29, 0.717) is 56.7 Å². The molecule has 2 heterocycles. The van der Waals surface area contributed by atoms with Crippen LogP contribution in [-0.2, 0) is 30.5 Å². The number of nitrogens with one attached hydrogen (secondary N) is 3. The number of ether oxygens (including phenoxy) is 2. The fourth-order valence-electron chi connectivity index (χ4n) is 4.97. The van der Waals surface area contributed by atoms with E-state index in [-0.39, 0.29) is 28.3 Å². The van der Waals surface area contributed by atoms with Crippen LogP contribution >= 0.6 is 11.6 Å². The summed E-state index contributed by atoms with van der Waals surface area (Å²) in [6.07, 6.45) is 1.95. The fourth-order valence-corrected chi connectivity index (χ4v) is 5.20. The summed E-state index contributed by atoms with van der Waals surface area (Å²) in [6.45, 7) is 7.93. The van der Waals surface area contributed by atoms with E-state index in [4.69, 9.17) is 21.1 Å². The maximum atomic E-state index is 13.4. The lowest BCUT2D eigenvalue weighted by Crippen LogP contribution is -2.56. The first kappa shape index (κ1) is 31.1. The number of rotatable bonds is 10. The molecule has 4 unspecified atom stereocenters. The van der Waals surface area contributed by atoms with Gasteiger partial charge >= 0.3 is 0 Å². The maximum Gasteiger partial charge on any atom is 0.251 e. The van der Waals surface area contributed by atoms with Gasteiger partial charge in [0.25, 0.3) is 5.91 Å². The number of likely N-dealkylation sites (tertiary alicyclic amines) is 1. The lowest BCUT2D eigenvalue weighted by molar-refractivity contribution is -0.164. The second-order valence-corrected chi connectivity index (χ2v) is 10.9. The summed E-state index contributed by atoms with van der Waals surface area (Å²) in [5.41, 5.74) is 1.62. The number of halogens is 1. The Balaban J connectivity index is 1.34. The van der Waals surface area contributed by atoms with E-state index in [1.807, 2.05) is 30.3 Å². The molecule has 2 fully saturated rings. The van der Waals surface area contributed by atoms with Crippen molar-refractivity contribution in [2.45, 2.75) is 77.0 Å². The van der Waals surface area contributed by atoms with Crippen molar-refractivity contribution in [3.8, 4) is 0 Å². The van der Waals surface area contributed by atoms with Crippen LogP contribution < -0.4 is 16.0 Å². The highest BCUT2D eigenvalue weighted by atomic mass is 35.5. The third-order valence-electron chi connectivity index (χ3n) is 7.31. The number of benzene rings is 2. The molecule has 10 nitrogen and oxygen atoms in total. The Hall–Kier alpha value is -3.89. The molecular formula is C31H37ClN4O6. The van der Waals surface area contributed by atoms with Crippen molar-refractivity contribution >= 4 is 40.9 Å². The van der Waals surface area contributed by atoms with Crippen LogP contribution in [0.4, 0.5) is 5.69 Å². The lowest BCUT2D eigenvalue weighted by atomic mass is 10.1. The fraction of sp³-hybridized carbons (Fsp3) is 0.419. The first-order valence-corrected chi connectivity index (χ1v) is 14.5. The van der Waals surface area contributed by atoms with Crippen molar-refractivity contribution in [3.63, 3.8) is 0 Å². The van der Waals surface area contributed by atoms with Gasteiger partial charge in [0.05, 0.1) is 29.1 Å². The van der Waals surface area contributed by atoms with Crippen molar-refractivity contribution < 1.29 is 28.7 Å². The number of allylic oxidation sites excluding steroid dienone is 1. The summed E-state index contributed by atoms with van der Waals surface area (Å²) >= 11 is 6.24. The molecule has 2 aliphatic rings. The quantitative estimate of drug-likeness (QED) is 0.378. The molecule has 0 radical (unpaired) electrons. The molecule has 11 heteroatoms. The number of hydrogen-bond acceptors (Lipinski definition) is 6. The van der Waals surface area contributed by atoms with Gasteiger partial charge in [0.2, 0.25) is 24.0 Å². The van der Waals surface area contributed by atoms with Crippen molar-refractivity contribution in [2.24, 2.45) is 0 Å². The number of anilines is 1. The zero-order chi connectivity index (χ0) is 30.2. The summed E-state index contributed by atoms with van der Waals surface area (Å²) in [5.74, 6) is -0.740. The van der Waals surface area contributed by atoms with Crippen LogP contribution in [0.3, 0.4) is 0 Å². The van der Waals surface area contributed by atoms with E-state index in [1.165, 1.54) is 17.0 Å². The van der Waals surface area contributed by atoms with Crippen LogP contribution in [0.15, 0.2) is 60.9 Å². The Kier molecular flexibility index (Phi) is 10.6. The van der Waals surface area contributed by atoms with Crippen LogP contribution in [0.1, 0.15) is 61.9 Å². The Morgan fingerprint density at radius 2 is 1.90 bits per heavy atom. The Labute approximate surface area is 250 Å². The van der Waals surface area contributed by atoms with Crippen LogP contribution in [0.5, 0.6) is 0 Å². The van der Waals surface area contributed by atoms with Gasteiger partial charge < -0.3 is 30.3 Å². The molecule has 2 aromatic rings. The maximum absolute atomic E-state index is 13.4. The molecule has 4 amide bonds. The molecule has 4 rings (SSSR count). The standard InChI is InChI=1S/C31H37ClN4O6/c1-4-27(37)34-24-15-13-22(17-23(24)32)28(38)33-20(3)30(40)36-16-8-11-26(36)29(39)35-25-14-12-19(2)42-31(25)41-18-21-9-6-5-7-10-21/h5-7,9-10,13,15,17,20,25-26,31H,2,4,8,11-12,14,16,18H2,1,3H3,(H,33,38)(H,34,37)(H,35,39). The normalized spacial score (nSPS) is 20.8. The average Bonchev–Trinajstić information content (AvgIpc) is 3.48. The molecule has 0 spiro atoms. The zero-order valence-electron chi connectivity index (χ0n) is 23.9. The monoisotopic (exact) mass is 596 g/mol. The second kappa shape index (κ2) is 14.3. The van der Waals surface area contributed by atoms with Crippen molar-refractivity contribution in [1.82, 2.24) is 15.5 Å². The molecule has 224 valence electrons. The molecule has 2 aliphatic heterocycles. The highest BCUT2D eigenvalue weighted by Gasteiger charge is 2.39. The predicted octanol–water partition coefficient (Wildman–Crippen LogP) is 4.15. The molecule has 0 aliphatic carbocycles. The molecule has 42 heavy (non-hydrogen) atoms. The second-order valence-electron chi connectivity index (χ2n) is 10.5. The average molecular weight is 597 g/mol. The van der Waals surface area contributed by atoms with Crippen LogP contribution in [-0.4, -0.2) is 59.5 Å². The number of nitrogens with zero attached hydrogens (tertiary/aromatic N) is 1. The van der Waals surface area contributed by atoms with E-state index < -0.39 is 30.3 Å². The zero-order valence-corrected chi connectivity index (χ0v) is 24.6. The van der Waals surface area contributed by atoms with Gasteiger partial charge in [-0.05, 0) is 49.9 Å². The first-order chi connectivity index (χ1) is 20.2. The van der Waals surface area contributed by atoms with Crippen molar-refractivity contribution in [2.75, 3.05) is 11.9 Å². The van der Waals surface area contributed by atoms with Crippen molar-refractivity contribution in [1.29, 1.82) is 0 Å². The number of carbonyl (C=O) groups is 4. The topological polar surface area (TPSA) is 126 Å². The van der Waals surface area contributed by atoms with Gasteiger partial charge in [-0.1, -0.05) is 55.4 Å². The number of amides is 4. The van der Waals surface area contributed by atoms with Crippen molar-refractivity contribution in [3.05, 3.63) is 77.0 Å². The first-order valence-electron chi connectivity index (χ1n) is 14.2. The molecule has 2 saturated heterocycles. The lowest BCUT2D eigenvalue weighted by Gasteiger charge is -2.35. The number of carbonyl (C=O) groups excluding carboxylic acids is 4. The molecule has 3 N–H and O–H groups in total. The molecule has 0 aromatic heterocycles. The minimum Gasteiger partial charge on any atom is -0.468 e. The Morgan fingerprint density at radius 3 is 2.62 bits per heavy atom. The minimum atomic E-state index is -0.882. The Bertz CT molecular complexity index is 1320. The third kappa shape index (κ3) is 7.89. The summed E-state index contributed by atoms with van der Waals surface area (Å²) < 4.78 is 11.8. The summed E-state index contributed by atoms with van der Waals surface area (Å²) in [7, 11) is 0. The van der Waals surface area contributed by atoms with Crippen LogP contribution in [0.2, 0.25) is 5.02 Å². The third-order valence-corrected chi connectivity index (χ3v) is 7.63. The van der Waals surface area contributed by atoms with Gasteiger partial charge in [0, 0.05) is 24.9 Å². The van der Waals surface area contributed by atoms with Crippen LogP contribution in [0.25, 0.3) is 0 Å². The van der Waals surface area contributed by atoms with Gasteiger partial charge in [0.15, 0.2) is 0 Å². The van der Waals surface area contributed by atoms with E-state index in [1.54, 1.807) is 19.9 Å². The van der Waals surface area contributed by atoms with E-state index in [0.717, 1.165) is 5.56 Å². The predicted molar refractivity (Wildman–Crippen MR) is 158 cm³/mol. The molecule has 2 aromatic carbocycles. The van der Waals surface area contributed by atoms with Gasteiger partial charge in [-0.15, -0.1) is 0 Å². The van der Waals surface area contributed by atoms with Gasteiger partial charge in [-0.25, -0.2) is 0 Å². The van der Waals surface area contributed by atoms with E-state index in [9.17, 15) is 19.2 Å². The largest absolute Gasteiger partial charge is 0.468 e. The SMILES string of the molecule is C=C1CCC(NC(=O)C2CCCN2C(=O)C(C)NC(=O)c2ccc(NC(=O)CC)c(Cl)c2)C(OCc2ccccc2)O1. The van der Waals surface area contributed by atoms with Gasteiger partial charge in [-0.2, -0.15) is 0 Å².